The van der Waals surface area contributed by atoms with Gasteiger partial charge in [-0.3, -0.25) is 9.59 Å². The van der Waals surface area contributed by atoms with E-state index in [9.17, 15) is 9.59 Å². The zero-order valence-corrected chi connectivity index (χ0v) is 17.5. The molecule has 0 saturated carbocycles. The van der Waals surface area contributed by atoms with E-state index in [1.54, 1.807) is 18.2 Å². The Bertz CT molecular complexity index is 1280. The van der Waals surface area contributed by atoms with Crippen molar-refractivity contribution in [3.63, 3.8) is 0 Å². The number of aromatic nitrogens is 2. The van der Waals surface area contributed by atoms with Gasteiger partial charge in [0.05, 0.1) is 11.0 Å². The number of benzene rings is 3. The highest BCUT2D eigenvalue weighted by atomic mass is 16.1. The van der Waals surface area contributed by atoms with Crippen LogP contribution in [0.2, 0.25) is 0 Å². The summed E-state index contributed by atoms with van der Waals surface area (Å²) in [7, 11) is 0. The summed E-state index contributed by atoms with van der Waals surface area (Å²) >= 11 is 0. The fourth-order valence-electron chi connectivity index (χ4n) is 3.31. The largest absolute Gasteiger partial charge is 0.335 e. The molecule has 0 unspecified atom stereocenters. The number of hydrogen-bond acceptors (Lipinski definition) is 3. The van der Waals surface area contributed by atoms with Crippen LogP contribution < -0.4 is 5.32 Å². The number of nitrogens with one attached hydrogen (secondary N) is 2. The van der Waals surface area contributed by atoms with Gasteiger partial charge >= 0.3 is 0 Å². The van der Waals surface area contributed by atoms with Gasteiger partial charge in [0.1, 0.15) is 0 Å². The van der Waals surface area contributed by atoms with E-state index < -0.39 is 0 Å². The molecule has 0 fully saturated rings. The second-order valence-electron chi connectivity index (χ2n) is 7.43. The highest BCUT2D eigenvalue weighted by molar-refractivity contribution is 6.06. The number of hydrogen-bond donors (Lipinski definition) is 2. The van der Waals surface area contributed by atoms with Crippen LogP contribution in [0.1, 0.15) is 44.6 Å². The average Bonchev–Trinajstić information content (AvgIpc) is 3.21. The van der Waals surface area contributed by atoms with Gasteiger partial charge in [0, 0.05) is 11.3 Å². The lowest BCUT2D eigenvalue weighted by Gasteiger charge is -2.07. The van der Waals surface area contributed by atoms with Crippen LogP contribution in [0.4, 0.5) is 5.69 Å². The van der Waals surface area contributed by atoms with Crippen molar-refractivity contribution in [2.75, 3.05) is 5.32 Å². The van der Waals surface area contributed by atoms with Gasteiger partial charge in [-0.1, -0.05) is 43.3 Å². The molecule has 5 nitrogen and oxygen atoms in total. The highest BCUT2D eigenvalue weighted by Gasteiger charge is 2.09. The van der Waals surface area contributed by atoms with Crippen LogP contribution in [0.15, 0.2) is 72.8 Å². The number of anilines is 1. The molecule has 0 aliphatic rings. The molecule has 0 aliphatic heterocycles. The van der Waals surface area contributed by atoms with E-state index in [4.69, 9.17) is 0 Å². The number of nitrogens with zero attached hydrogens (tertiary/aromatic N) is 1. The molecule has 2 N–H and O–H groups in total. The molecule has 1 heterocycles. The Morgan fingerprint density at radius 1 is 1.03 bits per heavy atom. The molecule has 0 spiro atoms. The van der Waals surface area contributed by atoms with Gasteiger partial charge in [-0.25, -0.2) is 4.98 Å². The SMILES string of the molecule is CCc1cccc(NC(=O)c2ccc(C=CC(=O)c3nc4ccc(C)cc4[nH]3)cc2)c1. The molecule has 0 aliphatic carbocycles. The topological polar surface area (TPSA) is 74.8 Å². The van der Waals surface area contributed by atoms with Gasteiger partial charge in [0.2, 0.25) is 5.78 Å². The molecular weight excluding hydrogens is 386 g/mol. The Labute approximate surface area is 180 Å². The first kappa shape index (κ1) is 20.3. The molecule has 3 aromatic carbocycles. The van der Waals surface area contributed by atoms with Crippen molar-refractivity contribution in [1.29, 1.82) is 0 Å². The molecular formula is C26H23N3O2. The molecule has 154 valence electrons. The molecule has 0 radical (unpaired) electrons. The van der Waals surface area contributed by atoms with Crippen molar-refractivity contribution in [2.24, 2.45) is 0 Å². The lowest BCUT2D eigenvalue weighted by atomic mass is 10.1. The minimum absolute atomic E-state index is 0.169. The average molecular weight is 409 g/mol. The highest BCUT2D eigenvalue weighted by Crippen LogP contribution is 2.16. The maximum Gasteiger partial charge on any atom is 0.255 e. The third-order valence-corrected chi connectivity index (χ3v) is 5.06. The molecule has 31 heavy (non-hydrogen) atoms. The van der Waals surface area contributed by atoms with Crippen molar-refractivity contribution in [1.82, 2.24) is 9.97 Å². The van der Waals surface area contributed by atoms with Gasteiger partial charge in [0.15, 0.2) is 5.82 Å². The number of rotatable bonds is 6. The first-order valence-corrected chi connectivity index (χ1v) is 10.2. The van der Waals surface area contributed by atoms with E-state index in [-0.39, 0.29) is 11.7 Å². The van der Waals surface area contributed by atoms with Crippen LogP contribution in [0.3, 0.4) is 0 Å². The number of ketones is 1. The van der Waals surface area contributed by atoms with Crippen molar-refractivity contribution in [3.05, 3.63) is 101 Å². The summed E-state index contributed by atoms with van der Waals surface area (Å²) in [5.41, 5.74) is 6.04. The summed E-state index contributed by atoms with van der Waals surface area (Å²) in [4.78, 5) is 32.4. The van der Waals surface area contributed by atoms with Crippen LogP contribution in [0.5, 0.6) is 0 Å². The normalized spacial score (nSPS) is 11.2. The summed E-state index contributed by atoms with van der Waals surface area (Å²) in [6.07, 6.45) is 4.11. The van der Waals surface area contributed by atoms with Gasteiger partial charge in [-0.2, -0.15) is 0 Å². The summed E-state index contributed by atoms with van der Waals surface area (Å²) in [5, 5.41) is 2.92. The van der Waals surface area contributed by atoms with Crippen molar-refractivity contribution in [3.8, 4) is 0 Å². The molecule has 0 atom stereocenters. The molecule has 1 amide bonds. The Kier molecular flexibility index (Phi) is 5.76. The van der Waals surface area contributed by atoms with E-state index in [1.807, 2.05) is 61.5 Å². The first-order valence-electron chi connectivity index (χ1n) is 10.2. The van der Waals surface area contributed by atoms with Gasteiger partial charge in [0.25, 0.3) is 5.91 Å². The second kappa shape index (κ2) is 8.79. The van der Waals surface area contributed by atoms with E-state index >= 15 is 0 Å². The number of allylic oxidation sites excluding steroid dienone is 1. The maximum atomic E-state index is 12.5. The van der Waals surface area contributed by atoms with E-state index in [0.717, 1.165) is 34.3 Å². The van der Waals surface area contributed by atoms with E-state index in [2.05, 4.69) is 22.2 Å². The zero-order chi connectivity index (χ0) is 21.8. The number of imidazole rings is 1. The number of H-pyrrole nitrogens is 1. The number of amides is 1. The van der Waals surface area contributed by atoms with E-state index in [1.165, 1.54) is 11.6 Å². The molecule has 4 rings (SSSR count). The van der Waals surface area contributed by atoms with Crippen LogP contribution in [-0.2, 0) is 6.42 Å². The lowest BCUT2D eigenvalue weighted by molar-refractivity contribution is 0.102. The molecule has 4 aromatic rings. The summed E-state index contributed by atoms with van der Waals surface area (Å²) in [6, 6.07) is 20.7. The minimum Gasteiger partial charge on any atom is -0.335 e. The predicted octanol–water partition coefficient (Wildman–Crippen LogP) is 5.58. The monoisotopic (exact) mass is 409 g/mol. The van der Waals surface area contributed by atoms with Gasteiger partial charge < -0.3 is 10.3 Å². The number of carbonyl (C=O) groups excluding carboxylic acids is 2. The number of aryl methyl sites for hydroxylation is 2. The van der Waals surface area contributed by atoms with Crippen molar-refractivity contribution >= 4 is 34.5 Å². The standard InChI is InChI=1S/C26H23N3O2/c1-3-18-5-4-6-21(16-18)27-26(31)20-11-8-19(9-12-20)10-14-24(30)25-28-22-13-7-17(2)15-23(22)29-25/h4-16H,3H2,1-2H3,(H,27,31)(H,28,29). The Hall–Kier alpha value is -3.99. The molecule has 5 heteroatoms. The predicted molar refractivity (Wildman–Crippen MR) is 124 cm³/mol. The summed E-state index contributed by atoms with van der Waals surface area (Å²) in [6.45, 7) is 4.07. The Morgan fingerprint density at radius 2 is 1.84 bits per heavy atom. The van der Waals surface area contributed by atoms with Crippen LogP contribution >= 0.6 is 0 Å². The number of fused-ring (bicyclic) bond motifs is 1. The summed E-state index contributed by atoms with van der Waals surface area (Å²) in [5.74, 6) is -0.0638. The smallest absolute Gasteiger partial charge is 0.255 e. The molecule has 0 bridgehead atoms. The third-order valence-electron chi connectivity index (χ3n) is 5.06. The quantitative estimate of drug-likeness (QED) is 0.322. The van der Waals surface area contributed by atoms with Crippen molar-refractivity contribution < 1.29 is 9.59 Å². The fraction of sp³-hybridized carbons (Fsp3) is 0.115. The van der Waals surface area contributed by atoms with Gasteiger partial charge in [-0.05, 0) is 72.5 Å². The zero-order valence-electron chi connectivity index (χ0n) is 17.5. The van der Waals surface area contributed by atoms with Crippen LogP contribution in [-0.4, -0.2) is 21.7 Å². The summed E-state index contributed by atoms with van der Waals surface area (Å²) < 4.78 is 0. The second-order valence-corrected chi connectivity index (χ2v) is 7.43. The molecule has 0 saturated heterocycles. The Morgan fingerprint density at radius 3 is 2.61 bits per heavy atom. The molecule has 1 aromatic heterocycles. The number of aromatic amines is 1. The first-order chi connectivity index (χ1) is 15.0. The maximum absolute atomic E-state index is 12.5. The van der Waals surface area contributed by atoms with E-state index in [0.29, 0.717) is 11.4 Å². The van der Waals surface area contributed by atoms with Crippen LogP contribution in [0, 0.1) is 6.92 Å². The fourth-order valence-corrected chi connectivity index (χ4v) is 3.31. The van der Waals surface area contributed by atoms with Gasteiger partial charge in [-0.15, -0.1) is 0 Å². The minimum atomic E-state index is -0.202. The lowest BCUT2D eigenvalue weighted by Crippen LogP contribution is -2.11. The van der Waals surface area contributed by atoms with Crippen molar-refractivity contribution in [2.45, 2.75) is 20.3 Å². The Balaban J connectivity index is 1.42. The third kappa shape index (κ3) is 4.78. The number of carbonyl (C=O) groups is 2. The van der Waals surface area contributed by atoms with Crippen LogP contribution in [0.25, 0.3) is 17.1 Å².